The van der Waals surface area contributed by atoms with E-state index in [-0.39, 0.29) is 35.7 Å². The van der Waals surface area contributed by atoms with E-state index < -0.39 is 33.5 Å². The molecule has 0 atom stereocenters. The zero-order valence-electron chi connectivity index (χ0n) is 17.4. The minimum absolute atomic E-state index is 0.0261. The van der Waals surface area contributed by atoms with Gasteiger partial charge in [-0.2, -0.15) is 18.3 Å². The van der Waals surface area contributed by atoms with Crippen LogP contribution in [0.2, 0.25) is 0 Å². The molecule has 0 aliphatic carbocycles. The molecule has 1 aromatic heterocycles. The zero-order chi connectivity index (χ0) is 24.2. The van der Waals surface area contributed by atoms with E-state index >= 15 is 0 Å². The summed E-state index contributed by atoms with van der Waals surface area (Å²) in [5.41, 5.74) is -0.762. The molecule has 33 heavy (non-hydrogen) atoms. The Labute approximate surface area is 187 Å². The summed E-state index contributed by atoms with van der Waals surface area (Å²) in [7, 11) is -2.55. The first-order valence-corrected chi connectivity index (χ1v) is 11.2. The first kappa shape index (κ1) is 24.4. The lowest BCUT2D eigenvalue weighted by Gasteiger charge is -2.17. The number of hydrogen-bond acceptors (Lipinski definition) is 4. The van der Waals surface area contributed by atoms with Gasteiger partial charge < -0.3 is 5.32 Å². The fourth-order valence-electron chi connectivity index (χ4n) is 3.01. The SMILES string of the molecule is CN(CCCC(=O)Nc1cc(C(F)(F)F)ccc1-n1cccn1)S(=O)(=O)c1ccc(F)cc1. The Morgan fingerprint density at radius 3 is 2.45 bits per heavy atom. The molecule has 176 valence electrons. The molecule has 3 rings (SSSR count). The van der Waals surface area contributed by atoms with Gasteiger partial charge in [0.25, 0.3) is 0 Å². The number of sulfonamides is 1. The predicted molar refractivity (Wildman–Crippen MR) is 113 cm³/mol. The van der Waals surface area contributed by atoms with Gasteiger partial charge in [0, 0.05) is 32.4 Å². The van der Waals surface area contributed by atoms with Crippen molar-refractivity contribution in [1.82, 2.24) is 14.1 Å². The Hall–Kier alpha value is -3.25. The summed E-state index contributed by atoms with van der Waals surface area (Å²) in [6.45, 7) is -0.0261. The van der Waals surface area contributed by atoms with Gasteiger partial charge in [-0.1, -0.05) is 0 Å². The molecule has 1 amide bonds. The van der Waals surface area contributed by atoms with Crippen molar-refractivity contribution < 1.29 is 30.8 Å². The monoisotopic (exact) mass is 484 g/mol. The highest BCUT2D eigenvalue weighted by molar-refractivity contribution is 7.89. The fraction of sp³-hybridized carbons (Fsp3) is 0.238. The van der Waals surface area contributed by atoms with Crippen LogP contribution in [-0.4, -0.2) is 42.0 Å². The van der Waals surface area contributed by atoms with Crippen LogP contribution in [0.25, 0.3) is 5.69 Å². The molecule has 0 saturated heterocycles. The number of carbonyl (C=O) groups excluding carboxylic acids is 1. The quantitative estimate of drug-likeness (QED) is 0.489. The number of halogens is 4. The van der Waals surface area contributed by atoms with Gasteiger partial charge in [-0.15, -0.1) is 0 Å². The van der Waals surface area contributed by atoms with Crippen LogP contribution >= 0.6 is 0 Å². The molecule has 2 aromatic carbocycles. The molecule has 0 saturated carbocycles. The van der Waals surface area contributed by atoms with E-state index in [1.54, 1.807) is 6.07 Å². The minimum atomic E-state index is -4.60. The smallest absolute Gasteiger partial charge is 0.324 e. The standard InChI is InChI=1S/C21H20F4N4O3S/c1-28(33(31,32)17-8-6-16(22)7-9-17)12-2-4-20(30)27-18-14-15(21(23,24)25)5-10-19(18)29-13-3-11-26-29/h3,5-11,13-14H,2,4,12H2,1H3,(H,27,30). The van der Waals surface area contributed by atoms with Crippen LogP contribution in [0.3, 0.4) is 0 Å². The molecule has 0 spiro atoms. The van der Waals surface area contributed by atoms with Crippen LogP contribution < -0.4 is 5.32 Å². The second kappa shape index (κ2) is 9.71. The number of nitrogens with zero attached hydrogens (tertiary/aromatic N) is 3. The summed E-state index contributed by atoms with van der Waals surface area (Å²) in [6.07, 6.45) is -1.66. The molecule has 3 aromatic rings. The molecule has 0 aliphatic rings. The van der Waals surface area contributed by atoms with Gasteiger partial charge in [0.15, 0.2) is 0 Å². The van der Waals surface area contributed by atoms with Crippen LogP contribution in [-0.2, 0) is 21.0 Å². The highest BCUT2D eigenvalue weighted by Crippen LogP contribution is 2.33. The lowest BCUT2D eigenvalue weighted by molar-refractivity contribution is -0.137. The van der Waals surface area contributed by atoms with Crippen LogP contribution in [0, 0.1) is 5.82 Å². The summed E-state index contributed by atoms with van der Waals surface area (Å²) in [4.78, 5) is 12.3. The van der Waals surface area contributed by atoms with Crippen molar-refractivity contribution >= 4 is 21.6 Å². The van der Waals surface area contributed by atoms with Crippen LogP contribution in [0.4, 0.5) is 23.2 Å². The molecule has 0 bridgehead atoms. The second-order valence-electron chi connectivity index (χ2n) is 7.11. The van der Waals surface area contributed by atoms with Crippen molar-refractivity contribution in [2.24, 2.45) is 0 Å². The maximum Gasteiger partial charge on any atom is 0.416 e. The summed E-state index contributed by atoms with van der Waals surface area (Å²) >= 11 is 0. The minimum Gasteiger partial charge on any atom is -0.324 e. The highest BCUT2D eigenvalue weighted by atomic mass is 32.2. The first-order chi connectivity index (χ1) is 15.5. The van der Waals surface area contributed by atoms with Crippen molar-refractivity contribution in [3.05, 3.63) is 72.3 Å². The van der Waals surface area contributed by atoms with Gasteiger partial charge in [0.2, 0.25) is 15.9 Å². The summed E-state index contributed by atoms with van der Waals surface area (Å²) in [6, 6.07) is 8.83. The van der Waals surface area contributed by atoms with Crippen molar-refractivity contribution in [3.8, 4) is 5.69 Å². The Morgan fingerprint density at radius 1 is 1.15 bits per heavy atom. The molecule has 12 heteroatoms. The van der Waals surface area contributed by atoms with E-state index in [0.717, 1.165) is 40.7 Å². The normalized spacial score (nSPS) is 12.2. The van der Waals surface area contributed by atoms with E-state index in [9.17, 15) is 30.8 Å². The van der Waals surface area contributed by atoms with E-state index in [2.05, 4.69) is 10.4 Å². The molecule has 1 N–H and O–H groups in total. The molecular formula is C21H20F4N4O3S. The molecule has 1 heterocycles. The van der Waals surface area contributed by atoms with Crippen LogP contribution in [0.15, 0.2) is 65.8 Å². The lowest BCUT2D eigenvalue weighted by atomic mass is 10.1. The van der Waals surface area contributed by atoms with E-state index in [0.29, 0.717) is 0 Å². The number of alkyl halides is 3. The third kappa shape index (κ3) is 5.96. The number of amides is 1. The van der Waals surface area contributed by atoms with Crippen molar-refractivity contribution in [3.63, 3.8) is 0 Å². The molecule has 0 unspecified atom stereocenters. The summed E-state index contributed by atoms with van der Waals surface area (Å²) in [5.74, 6) is -1.16. The van der Waals surface area contributed by atoms with Gasteiger partial charge in [-0.05, 0) is 55.0 Å². The largest absolute Gasteiger partial charge is 0.416 e. The van der Waals surface area contributed by atoms with Gasteiger partial charge in [-0.25, -0.2) is 21.8 Å². The maximum atomic E-state index is 13.1. The molecule has 0 radical (unpaired) electrons. The average molecular weight is 484 g/mol. The van der Waals surface area contributed by atoms with E-state index in [4.69, 9.17) is 0 Å². The number of nitrogens with one attached hydrogen (secondary N) is 1. The van der Waals surface area contributed by atoms with Crippen molar-refractivity contribution in [2.45, 2.75) is 23.9 Å². The van der Waals surface area contributed by atoms with Crippen molar-refractivity contribution in [1.29, 1.82) is 0 Å². The predicted octanol–water partition coefficient (Wildman–Crippen LogP) is 4.07. The number of hydrogen-bond donors (Lipinski definition) is 1. The Bertz CT molecular complexity index is 1210. The fourth-order valence-corrected chi connectivity index (χ4v) is 4.21. The third-order valence-electron chi connectivity index (χ3n) is 4.75. The highest BCUT2D eigenvalue weighted by Gasteiger charge is 2.31. The number of anilines is 1. The average Bonchev–Trinajstić information content (AvgIpc) is 3.28. The van der Waals surface area contributed by atoms with Crippen LogP contribution in [0.5, 0.6) is 0 Å². The van der Waals surface area contributed by atoms with Gasteiger partial charge in [-0.3, -0.25) is 4.79 Å². The van der Waals surface area contributed by atoms with Crippen LogP contribution in [0.1, 0.15) is 18.4 Å². The number of benzene rings is 2. The topological polar surface area (TPSA) is 84.3 Å². The van der Waals surface area contributed by atoms with Crippen molar-refractivity contribution in [2.75, 3.05) is 18.9 Å². The summed E-state index contributed by atoms with van der Waals surface area (Å²) < 4.78 is 79.8. The third-order valence-corrected chi connectivity index (χ3v) is 6.62. The van der Waals surface area contributed by atoms with E-state index in [1.807, 2.05) is 0 Å². The second-order valence-corrected chi connectivity index (χ2v) is 9.16. The Morgan fingerprint density at radius 2 is 1.85 bits per heavy atom. The van der Waals surface area contributed by atoms with Gasteiger partial charge in [0.05, 0.1) is 21.8 Å². The number of aromatic nitrogens is 2. The molecule has 0 fully saturated rings. The Balaban J connectivity index is 1.66. The lowest BCUT2D eigenvalue weighted by Crippen LogP contribution is -2.28. The van der Waals surface area contributed by atoms with Gasteiger partial charge in [0.1, 0.15) is 5.82 Å². The summed E-state index contributed by atoms with van der Waals surface area (Å²) in [5, 5.41) is 6.43. The Kier molecular flexibility index (Phi) is 7.18. The maximum absolute atomic E-state index is 13.1. The van der Waals surface area contributed by atoms with Gasteiger partial charge >= 0.3 is 6.18 Å². The number of carbonyl (C=O) groups is 1. The molecular weight excluding hydrogens is 464 g/mol. The first-order valence-electron chi connectivity index (χ1n) is 9.71. The molecule has 0 aliphatic heterocycles. The molecule has 7 nitrogen and oxygen atoms in total. The zero-order valence-corrected chi connectivity index (χ0v) is 18.2. The number of rotatable bonds is 8. The van der Waals surface area contributed by atoms with E-state index in [1.165, 1.54) is 30.2 Å².